The van der Waals surface area contributed by atoms with Gasteiger partial charge in [0.25, 0.3) is 5.91 Å². The number of hydrogen-bond donors (Lipinski definition) is 0. The summed E-state index contributed by atoms with van der Waals surface area (Å²) in [5.41, 5.74) is 6.49. The molecule has 0 radical (unpaired) electrons. The fourth-order valence-corrected chi connectivity index (χ4v) is 4.55. The van der Waals surface area contributed by atoms with Crippen molar-refractivity contribution in [2.75, 3.05) is 31.1 Å². The summed E-state index contributed by atoms with van der Waals surface area (Å²) in [6, 6.07) is 22.7. The summed E-state index contributed by atoms with van der Waals surface area (Å²) in [5.74, 6) is -0.199. The van der Waals surface area contributed by atoms with E-state index in [1.54, 1.807) is 12.1 Å². The maximum atomic E-state index is 13.8. The number of anilines is 1. The zero-order chi connectivity index (χ0) is 22.9. The molecule has 5 heteroatoms. The number of amides is 1. The Kier molecular flexibility index (Phi) is 5.55. The second kappa shape index (κ2) is 8.66. The Bertz CT molecular complexity index is 1310. The van der Waals surface area contributed by atoms with Gasteiger partial charge in [-0.1, -0.05) is 48.0 Å². The SMILES string of the molecule is Cc1ccc(-c2nc3ccccc3c(C(=O)N3CCN(c4ccc(F)cc4)CC3)c2C)cc1. The Morgan fingerprint density at radius 1 is 0.848 bits per heavy atom. The number of carbonyl (C=O) groups excluding carboxylic acids is 1. The van der Waals surface area contributed by atoms with Crippen LogP contribution < -0.4 is 4.90 Å². The van der Waals surface area contributed by atoms with Crippen LogP contribution in [0.4, 0.5) is 10.1 Å². The van der Waals surface area contributed by atoms with Gasteiger partial charge in [0.2, 0.25) is 0 Å². The Balaban J connectivity index is 1.47. The number of benzene rings is 3. The van der Waals surface area contributed by atoms with Crippen molar-refractivity contribution < 1.29 is 9.18 Å². The number of fused-ring (bicyclic) bond motifs is 1. The Labute approximate surface area is 193 Å². The van der Waals surface area contributed by atoms with Gasteiger partial charge >= 0.3 is 0 Å². The van der Waals surface area contributed by atoms with E-state index >= 15 is 0 Å². The molecule has 1 fully saturated rings. The van der Waals surface area contributed by atoms with E-state index in [1.165, 1.54) is 17.7 Å². The summed E-state index contributed by atoms with van der Waals surface area (Å²) in [4.78, 5) is 22.8. The third-order valence-corrected chi connectivity index (χ3v) is 6.43. The van der Waals surface area contributed by atoms with Crippen molar-refractivity contribution in [2.45, 2.75) is 13.8 Å². The van der Waals surface area contributed by atoms with E-state index in [1.807, 2.05) is 36.1 Å². The molecule has 1 aliphatic heterocycles. The van der Waals surface area contributed by atoms with E-state index < -0.39 is 0 Å². The van der Waals surface area contributed by atoms with Gasteiger partial charge in [-0.2, -0.15) is 0 Å². The third kappa shape index (κ3) is 4.07. The van der Waals surface area contributed by atoms with E-state index in [4.69, 9.17) is 4.98 Å². The Morgan fingerprint density at radius 2 is 1.52 bits per heavy atom. The molecule has 0 unspecified atom stereocenters. The molecule has 1 aromatic heterocycles. The van der Waals surface area contributed by atoms with Crippen LogP contribution >= 0.6 is 0 Å². The zero-order valence-corrected chi connectivity index (χ0v) is 18.9. The minimum atomic E-state index is -0.239. The topological polar surface area (TPSA) is 36.4 Å². The number of carbonyl (C=O) groups is 1. The molecule has 0 atom stereocenters. The van der Waals surface area contributed by atoms with Crippen molar-refractivity contribution in [3.63, 3.8) is 0 Å². The summed E-state index contributed by atoms with van der Waals surface area (Å²) in [6.45, 7) is 6.72. The van der Waals surface area contributed by atoms with Crippen molar-refractivity contribution >= 4 is 22.5 Å². The fourth-order valence-electron chi connectivity index (χ4n) is 4.55. The predicted molar refractivity (Wildman–Crippen MR) is 131 cm³/mol. The largest absolute Gasteiger partial charge is 0.368 e. The van der Waals surface area contributed by atoms with Gasteiger partial charge in [-0.3, -0.25) is 4.79 Å². The van der Waals surface area contributed by atoms with Crippen molar-refractivity contribution in [2.24, 2.45) is 0 Å². The summed E-state index contributed by atoms with van der Waals surface area (Å²) in [5, 5.41) is 0.886. The minimum Gasteiger partial charge on any atom is -0.368 e. The quantitative estimate of drug-likeness (QED) is 0.416. The fraction of sp³-hybridized carbons (Fsp3) is 0.214. The van der Waals surface area contributed by atoms with Gasteiger partial charge in [0.15, 0.2) is 0 Å². The van der Waals surface area contributed by atoms with E-state index in [2.05, 4.69) is 36.1 Å². The molecule has 4 aromatic rings. The Hall–Kier alpha value is -3.73. The van der Waals surface area contributed by atoms with E-state index in [9.17, 15) is 9.18 Å². The number of piperazine rings is 1. The highest BCUT2D eigenvalue weighted by molar-refractivity contribution is 6.09. The lowest BCUT2D eigenvalue weighted by molar-refractivity contribution is 0.0748. The lowest BCUT2D eigenvalue weighted by Gasteiger charge is -2.36. The van der Waals surface area contributed by atoms with Gasteiger partial charge in [0.1, 0.15) is 5.82 Å². The predicted octanol–water partition coefficient (Wildman–Crippen LogP) is 5.62. The van der Waals surface area contributed by atoms with Crippen LogP contribution in [0.15, 0.2) is 72.8 Å². The molecule has 0 aliphatic carbocycles. The number of rotatable bonds is 3. The molecule has 33 heavy (non-hydrogen) atoms. The first kappa shape index (κ1) is 21.1. The number of hydrogen-bond acceptors (Lipinski definition) is 3. The maximum Gasteiger partial charge on any atom is 0.255 e. The zero-order valence-electron chi connectivity index (χ0n) is 18.9. The maximum absolute atomic E-state index is 13.8. The second-order valence-corrected chi connectivity index (χ2v) is 8.60. The highest BCUT2D eigenvalue weighted by atomic mass is 19.1. The van der Waals surface area contributed by atoms with Gasteiger partial charge < -0.3 is 9.80 Å². The van der Waals surface area contributed by atoms with Crippen LogP contribution in [0.5, 0.6) is 0 Å². The molecular formula is C28H26FN3O. The van der Waals surface area contributed by atoms with Gasteiger partial charge in [-0.05, 0) is 49.7 Å². The van der Waals surface area contributed by atoms with Gasteiger partial charge in [0.05, 0.1) is 16.8 Å². The van der Waals surface area contributed by atoms with Crippen LogP contribution in [-0.2, 0) is 0 Å². The van der Waals surface area contributed by atoms with Crippen LogP contribution in [-0.4, -0.2) is 42.0 Å². The van der Waals surface area contributed by atoms with E-state index in [0.29, 0.717) is 26.2 Å². The van der Waals surface area contributed by atoms with Crippen molar-refractivity contribution in [3.8, 4) is 11.3 Å². The van der Waals surface area contributed by atoms with Crippen LogP contribution in [0, 0.1) is 19.7 Å². The molecule has 1 amide bonds. The summed E-state index contributed by atoms with van der Waals surface area (Å²) in [7, 11) is 0. The molecule has 166 valence electrons. The van der Waals surface area contributed by atoms with Gasteiger partial charge in [-0.25, -0.2) is 9.37 Å². The Morgan fingerprint density at radius 3 is 2.21 bits per heavy atom. The number of aryl methyl sites for hydroxylation is 1. The average molecular weight is 440 g/mol. The summed E-state index contributed by atoms with van der Waals surface area (Å²) < 4.78 is 13.3. The number of halogens is 1. The molecule has 0 N–H and O–H groups in total. The number of nitrogens with zero attached hydrogens (tertiary/aromatic N) is 3. The smallest absolute Gasteiger partial charge is 0.255 e. The van der Waals surface area contributed by atoms with Crippen molar-refractivity contribution in [1.82, 2.24) is 9.88 Å². The molecule has 4 nitrogen and oxygen atoms in total. The summed E-state index contributed by atoms with van der Waals surface area (Å²) >= 11 is 0. The normalized spacial score (nSPS) is 14.0. The van der Waals surface area contributed by atoms with Crippen molar-refractivity contribution in [3.05, 3.63) is 95.3 Å². The molecule has 5 rings (SSSR count). The van der Waals surface area contributed by atoms with Gasteiger partial charge in [0, 0.05) is 42.8 Å². The molecule has 0 bridgehead atoms. The number of aromatic nitrogens is 1. The van der Waals surface area contributed by atoms with Crippen LogP contribution in [0.2, 0.25) is 0 Å². The van der Waals surface area contributed by atoms with Crippen LogP contribution in [0.3, 0.4) is 0 Å². The first-order valence-electron chi connectivity index (χ1n) is 11.3. The first-order chi connectivity index (χ1) is 16.0. The van der Waals surface area contributed by atoms with E-state index in [-0.39, 0.29) is 11.7 Å². The first-order valence-corrected chi connectivity index (χ1v) is 11.3. The minimum absolute atomic E-state index is 0.0400. The monoisotopic (exact) mass is 439 g/mol. The van der Waals surface area contributed by atoms with Crippen molar-refractivity contribution in [1.29, 1.82) is 0 Å². The molecule has 2 heterocycles. The molecule has 1 aliphatic rings. The average Bonchev–Trinajstić information content (AvgIpc) is 2.84. The molecule has 0 spiro atoms. The number of para-hydroxylation sites is 1. The highest BCUT2D eigenvalue weighted by Gasteiger charge is 2.26. The standard InChI is InChI=1S/C28H26FN3O/c1-19-7-9-21(10-8-19)27-20(2)26(24-5-3-4-6-25(24)30-27)28(33)32-17-15-31(16-18-32)23-13-11-22(29)12-14-23/h3-14H,15-18H2,1-2H3. The highest BCUT2D eigenvalue weighted by Crippen LogP contribution is 2.31. The van der Waals surface area contributed by atoms with Gasteiger partial charge in [-0.15, -0.1) is 0 Å². The molecule has 3 aromatic carbocycles. The number of pyridine rings is 1. The second-order valence-electron chi connectivity index (χ2n) is 8.60. The molecular weight excluding hydrogens is 413 g/mol. The molecule has 0 saturated carbocycles. The lowest BCUT2D eigenvalue weighted by Crippen LogP contribution is -2.49. The summed E-state index contributed by atoms with van der Waals surface area (Å²) in [6.07, 6.45) is 0. The van der Waals surface area contributed by atoms with Crippen LogP contribution in [0.1, 0.15) is 21.5 Å². The van der Waals surface area contributed by atoms with E-state index in [0.717, 1.165) is 39.0 Å². The van der Waals surface area contributed by atoms with Crippen LogP contribution in [0.25, 0.3) is 22.2 Å². The molecule has 1 saturated heterocycles. The lowest BCUT2D eigenvalue weighted by atomic mass is 9.96. The third-order valence-electron chi connectivity index (χ3n) is 6.43.